The first-order valence-electron chi connectivity index (χ1n) is 24.2. The number of hydrogen-bond acceptors (Lipinski definition) is 11. The summed E-state index contributed by atoms with van der Waals surface area (Å²) < 4.78 is 26.1. The van der Waals surface area contributed by atoms with Gasteiger partial charge in [0.1, 0.15) is 23.1 Å². The summed E-state index contributed by atoms with van der Waals surface area (Å²) in [5.41, 5.74) is 1.90. The molecule has 1 fully saturated rings. The Morgan fingerprint density at radius 2 is 1.63 bits per heavy atom. The van der Waals surface area contributed by atoms with Gasteiger partial charge in [0.05, 0.1) is 38.1 Å². The first-order valence-corrected chi connectivity index (χ1v) is 24.2. The van der Waals surface area contributed by atoms with E-state index in [4.69, 9.17) is 28.9 Å². The van der Waals surface area contributed by atoms with Crippen molar-refractivity contribution in [3.8, 4) is 11.5 Å². The molecule has 4 N–H and O–H groups in total. The molecule has 1 saturated carbocycles. The lowest BCUT2D eigenvalue weighted by atomic mass is 9.55. The molecule has 0 radical (unpaired) electrons. The van der Waals surface area contributed by atoms with Gasteiger partial charge in [-0.15, -0.1) is 6.58 Å². The Kier molecular flexibility index (Phi) is 22.4. The summed E-state index contributed by atoms with van der Waals surface area (Å²) in [6.45, 7) is 15.1. The zero-order valence-corrected chi connectivity index (χ0v) is 39.3. The molecule has 63 heavy (non-hydrogen) atoms. The van der Waals surface area contributed by atoms with Gasteiger partial charge in [-0.2, -0.15) is 0 Å². The van der Waals surface area contributed by atoms with Gasteiger partial charge in [-0.1, -0.05) is 88.4 Å². The lowest BCUT2D eigenvalue weighted by molar-refractivity contribution is -0.258. The second-order valence-electron chi connectivity index (χ2n) is 18.4. The first kappa shape index (κ1) is 52.1. The van der Waals surface area contributed by atoms with Gasteiger partial charge >= 0.3 is 6.09 Å². The fourth-order valence-electron chi connectivity index (χ4n) is 9.71. The Bertz CT molecular complexity index is 1610. The fourth-order valence-corrected chi connectivity index (χ4v) is 9.71. The van der Waals surface area contributed by atoms with Crippen molar-refractivity contribution in [1.29, 1.82) is 0 Å². The van der Waals surface area contributed by atoms with E-state index in [0.29, 0.717) is 43.0 Å². The van der Waals surface area contributed by atoms with E-state index in [1.54, 1.807) is 12.1 Å². The Morgan fingerprint density at radius 1 is 0.937 bits per heavy atom. The highest BCUT2D eigenvalue weighted by Gasteiger charge is 2.65. The number of aliphatic hydroxyl groups is 3. The van der Waals surface area contributed by atoms with Crippen molar-refractivity contribution in [1.82, 2.24) is 10.2 Å². The summed E-state index contributed by atoms with van der Waals surface area (Å²) >= 11 is 0. The lowest BCUT2D eigenvalue weighted by Crippen LogP contribution is -2.70. The minimum absolute atomic E-state index is 0.0145. The smallest absolute Gasteiger partial charge is 0.412 e. The molecule has 13 nitrogen and oxygen atoms in total. The number of aliphatic hydroxyl groups excluding tert-OH is 3. The van der Waals surface area contributed by atoms with Gasteiger partial charge < -0.3 is 49.3 Å². The van der Waals surface area contributed by atoms with Gasteiger partial charge in [-0.05, 0) is 95.4 Å². The average molecular weight is 884 g/mol. The maximum atomic E-state index is 14.9. The number of ether oxygens (including phenoxy) is 4. The monoisotopic (exact) mass is 884 g/mol. The highest BCUT2D eigenvalue weighted by Crippen LogP contribution is 2.62. The summed E-state index contributed by atoms with van der Waals surface area (Å²) in [5.74, 6) is -1.20. The van der Waals surface area contributed by atoms with Crippen LogP contribution in [0.4, 0.5) is 4.79 Å². The van der Waals surface area contributed by atoms with Crippen molar-refractivity contribution in [2.45, 2.75) is 167 Å². The molecule has 1 aromatic carbocycles. The van der Waals surface area contributed by atoms with Crippen LogP contribution in [0.15, 0.2) is 47.7 Å². The second-order valence-corrected chi connectivity index (χ2v) is 18.4. The van der Waals surface area contributed by atoms with Gasteiger partial charge in [-0.25, -0.2) is 4.79 Å². The molecule has 13 heteroatoms. The Hall–Kier alpha value is -3.49. The molecule has 1 aromatic rings. The maximum Gasteiger partial charge on any atom is 0.412 e. The van der Waals surface area contributed by atoms with E-state index in [-0.39, 0.29) is 76.3 Å². The third kappa shape index (κ3) is 15.0. The Balaban J connectivity index is 1.92. The van der Waals surface area contributed by atoms with Crippen LogP contribution in [-0.4, -0.2) is 108 Å². The van der Waals surface area contributed by atoms with E-state index < -0.39 is 29.4 Å². The first-order chi connectivity index (χ1) is 30.5. The van der Waals surface area contributed by atoms with Crippen LogP contribution in [0.5, 0.6) is 11.5 Å². The number of benzene rings is 1. The number of amides is 2. The lowest BCUT2D eigenvalue weighted by Gasteiger charge is -2.60. The molecule has 4 rings (SSSR count). The quantitative estimate of drug-likeness (QED) is 0.0333. The molecule has 1 aliphatic heterocycles. The van der Waals surface area contributed by atoms with E-state index >= 15 is 0 Å². The zero-order chi connectivity index (χ0) is 45.7. The predicted molar refractivity (Wildman–Crippen MR) is 247 cm³/mol. The minimum Gasteiger partial charge on any atom is -0.459 e. The molecule has 0 bridgehead atoms. The van der Waals surface area contributed by atoms with Gasteiger partial charge in [0, 0.05) is 50.6 Å². The van der Waals surface area contributed by atoms with Gasteiger partial charge in [0.2, 0.25) is 11.7 Å². The topological polar surface area (TPSA) is 169 Å². The minimum atomic E-state index is -1.42. The summed E-state index contributed by atoms with van der Waals surface area (Å²) in [6, 6.07) is 4.79. The van der Waals surface area contributed by atoms with Crippen molar-refractivity contribution in [3.63, 3.8) is 0 Å². The molecule has 0 aromatic heterocycles. The van der Waals surface area contributed by atoms with Crippen LogP contribution in [0.1, 0.15) is 155 Å². The van der Waals surface area contributed by atoms with E-state index in [0.717, 1.165) is 62.5 Å². The van der Waals surface area contributed by atoms with Gasteiger partial charge in [0.15, 0.2) is 0 Å². The van der Waals surface area contributed by atoms with Crippen LogP contribution in [0.25, 0.3) is 0 Å². The Morgan fingerprint density at radius 3 is 2.29 bits per heavy atom. The van der Waals surface area contributed by atoms with Crippen LogP contribution in [0.3, 0.4) is 0 Å². The number of nitrogens with zero attached hydrogens (tertiary/aromatic N) is 2. The fraction of sp³-hybridized carbons (Fsp3) is 0.740. The van der Waals surface area contributed by atoms with E-state index in [1.807, 2.05) is 44.7 Å². The second kappa shape index (κ2) is 27.1. The molecule has 3 aliphatic rings. The van der Waals surface area contributed by atoms with Gasteiger partial charge in [-0.3, -0.25) is 4.79 Å². The molecule has 356 valence electrons. The summed E-state index contributed by atoms with van der Waals surface area (Å²) in [7, 11) is 0. The number of carbonyl (C=O) groups is 2. The number of allylic oxidation sites excluding steroid dienone is 1. The van der Waals surface area contributed by atoms with E-state index in [2.05, 4.69) is 24.9 Å². The number of oxime groups is 1. The zero-order valence-electron chi connectivity index (χ0n) is 39.3. The van der Waals surface area contributed by atoms with Crippen molar-refractivity contribution < 1.29 is 48.7 Å². The van der Waals surface area contributed by atoms with E-state index in [1.165, 1.54) is 32.1 Å². The number of nitrogens with one attached hydrogen (secondary N) is 1. The van der Waals surface area contributed by atoms with Gasteiger partial charge in [0.25, 0.3) is 0 Å². The summed E-state index contributed by atoms with van der Waals surface area (Å²) in [6.07, 6.45) is 18.8. The van der Waals surface area contributed by atoms with Crippen molar-refractivity contribution >= 4 is 17.7 Å². The number of unbranched alkanes of at least 4 members (excludes halogenated alkanes) is 10. The number of carbonyl (C=O) groups excluding carboxylic acids is 2. The standard InChI is InChI=1S/C50H81N3O10/c1-7-10-11-12-13-14-15-16-17-24-45(57)53(27-32-59-33-30-56)44-36-42(52-63-49(4,5)6)40-34-37(22-18-20-28-54)39(23-19-21-29-55)46-41-35-38(61-48(58)51-9-3)25-26-43(41)62-50(44,47(40)46)60-31-8-2/h8,25-26,34-35,37,39,44,46-47,54-56H,2,7,9-24,27-33,36H2,1,3-6H3,(H,51,58). The van der Waals surface area contributed by atoms with Crippen molar-refractivity contribution in [2.24, 2.45) is 22.9 Å². The largest absolute Gasteiger partial charge is 0.459 e. The molecule has 1 heterocycles. The normalized spacial score (nSPS) is 23.3. The van der Waals surface area contributed by atoms with Crippen LogP contribution >= 0.6 is 0 Å². The molecular weight excluding hydrogens is 803 g/mol. The molecule has 2 aliphatic carbocycles. The van der Waals surface area contributed by atoms with Crippen LogP contribution in [0.2, 0.25) is 0 Å². The molecule has 2 amide bonds. The third-order valence-electron chi connectivity index (χ3n) is 12.5. The predicted octanol–water partition coefficient (Wildman–Crippen LogP) is 8.99. The van der Waals surface area contributed by atoms with Crippen LogP contribution < -0.4 is 14.8 Å². The number of hydrogen-bond donors (Lipinski definition) is 4. The van der Waals surface area contributed by atoms with Crippen LogP contribution in [0, 0.1) is 17.8 Å². The molecule has 6 unspecified atom stereocenters. The van der Waals surface area contributed by atoms with E-state index in [9.17, 15) is 24.9 Å². The van der Waals surface area contributed by atoms with Crippen LogP contribution in [-0.2, 0) is 19.1 Å². The SMILES string of the molecule is C=CCOC12Oc3ccc(OC(=O)NCC)cc3C3C(CCCCO)C(CCCCO)C=C(C(=NOC(C)(C)C)CC1N(CCOCCO)C(=O)CCCCCCCCCCC)C32. The third-order valence-corrected chi connectivity index (χ3v) is 12.5. The Labute approximate surface area is 378 Å². The van der Waals surface area contributed by atoms with Crippen molar-refractivity contribution in [2.75, 3.05) is 52.7 Å². The molecule has 0 spiro atoms. The highest BCUT2D eigenvalue weighted by molar-refractivity contribution is 6.03. The van der Waals surface area contributed by atoms with Crippen molar-refractivity contribution in [3.05, 3.63) is 48.1 Å². The maximum absolute atomic E-state index is 14.9. The summed E-state index contributed by atoms with van der Waals surface area (Å²) in [4.78, 5) is 35.8. The average Bonchev–Trinajstić information content (AvgIpc) is 3.25. The highest BCUT2D eigenvalue weighted by atomic mass is 16.7. The molecule has 0 saturated heterocycles. The molecule has 6 atom stereocenters. The molecular formula is C50H81N3O10. The summed E-state index contributed by atoms with van der Waals surface area (Å²) in [5, 5.41) is 37.1. The number of fused-ring (bicyclic) bond motifs is 2. The number of rotatable bonds is 30.